The number of aryl methyl sites for hydroxylation is 2. The van der Waals surface area contributed by atoms with E-state index in [1.54, 1.807) is 6.92 Å². The standard InChI is InChI=1S/C17H26O2/c1-3-13(11-17(19)12(2)18)16-9-8-14-6-4-5-7-15(14)10-16/h8-10,12-13,17-19H,3-7,11H2,1-2H3. The molecule has 0 amide bonds. The second-order valence-electron chi connectivity index (χ2n) is 5.88. The van der Waals surface area contributed by atoms with E-state index in [4.69, 9.17) is 0 Å². The fraction of sp³-hybridized carbons (Fsp3) is 0.647. The third-order valence-corrected chi connectivity index (χ3v) is 4.42. The maximum absolute atomic E-state index is 9.88. The summed E-state index contributed by atoms with van der Waals surface area (Å²) >= 11 is 0. The van der Waals surface area contributed by atoms with E-state index in [0.717, 1.165) is 6.42 Å². The van der Waals surface area contributed by atoms with Gasteiger partial charge in [-0.2, -0.15) is 0 Å². The first-order chi connectivity index (χ1) is 9.11. The molecule has 1 aliphatic rings. The third kappa shape index (κ3) is 3.58. The van der Waals surface area contributed by atoms with Gasteiger partial charge in [0.2, 0.25) is 0 Å². The lowest BCUT2D eigenvalue weighted by Crippen LogP contribution is -2.24. The first-order valence-corrected chi connectivity index (χ1v) is 7.59. The largest absolute Gasteiger partial charge is 0.391 e. The second-order valence-corrected chi connectivity index (χ2v) is 5.88. The molecule has 3 atom stereocenters. The van der Waals surface area contributed by atoms with Gasteiger partial charge in [0.05, 0.1) is 12.2 Å². The van der Waals surface area contributed by atoms with Gasteiger partial charge >= 0.3 is 0 Å². The molecule has 1 aromatic rings. The highest BCUT2D eigenvalue weighted by Crippen LogP contribution is 2.30. The van der Waals surface area contributed by atoms with Gasteiger partial charge in [0, 0.05) is 0 Å². The van der Waals surface area contributed by atoms with Crippen LogP contribution in [0.1, 0.15) is 62.1 Å². The van der Waals surface area contributed by atoms with Crippen LogP contribution in [0.2, 0.25) is 0 Å². The van der Waals surface area contributed by atoms with Gasteiger partial charge in [0.15, 0.2) is 0 Å². The molecule has 1 aromatic carbocycles. The molecule has 0 saturated heterocycles. The lowest BCUT2D eigenvalue weighted by molar-refractivity contribution is 0.0215. The van der Waals surface area contributed by atoms with Crippen LogP contribution in [0.15, 0.2) is 18.2 Å². The minimum absolute atomic E-state index is 0.344. The van der Waals surface area contributed by atoms with E-state index in [1.807, 2.05) is 0 Å². The molecule has 2 heteroatoms. The van der Waals surface area contributed by atoms with Crippen LogP contribution in [0.3, 0.4) is 0 Å². The summed E-state index contributed by atoms with van der Waals surface area (Å²) in [5.74, 6) is 0.344. The summed E-state index contributed by atoms with van der Waals surface area (Å²) in [6.45, 7) is 3.81. The molecular formula is C17H26O2. The number of aliphatic hydroxyl groups is 2. The minimum Gasteiger partial charge on any atom is -0.391 e. The van der Waals surface area contributed by atoms with Crippen molar-refractivity contribution in [2.24, 2.45) is 0 Å². The maximum Gasteiger partial charge on any atom is 0.0802 e. The van der Waals surface area contributed by atoms with Crippen molar-refractivity contribution in [3.63, 3.8) is 0 Å². The minimum atomic E-state index is -0.647. The van der Waals surface area contributed by atoms with Gasteiger partial charge in [-0.15, -0.1) is 0 Å². The Morgan fingerprint density at radius 2 is 1.79 bits per heavy atom. The Balaban J connectivity index is 2.14. The van der Waals surface area contributed by atoms with Crippen molar-refractivity contribution < 1.29 is 10.2 Å². The Morgan fingerprint density at radius 3 is 2.42 bits per heavy atom. The molecule has 2 rings (SSSR count). The predicted octanol–water partition coefficient (Wildman–Crippen LogP) is 3.19. The number of hydrogen-bond acceptors (Lipinski definition) is 2. The maximum atomic E-state index is 9.88. The van der Waals surface area contributed by atoms with Crippen LogP contribution in [0.4, 0.5) is 0 Å². The van der Waals surface area contributed by atoms with Gasteiger partial charge in [-0.25, -0.2) is 0 Å². The summed E-state index contributed by atoms with van der Waals surface area (Å²) in [6, 6.07) is 6.81. The summed E-state index contributed by atoms with van der Waals surface area (Å²) in [5, 5.41) is 19.3. The van der Waals surface area contributed by atoms with Crippen LogP contribution in [0.5, 0.6) is 0 Å². The third-order valence-electron chi connectivity index (χ3n) is 4.42. The van der Waals surface area contributed by atoms with Crippen LogP contribution < -0.4 is 0 Å². The number of fused-ring (bicyclic) bond motifs is 1. The molecule has 3 unspecified atom stereocenters. The highest BCUT2D eigenvalue weighted by molar-refractivity contribution is 5.35. The Kier molecular flexibility index (Phi) is 5.00. The summed E-state index contributed by atoms with van der Waals surface area (Å²) in [6.07, 6.45) is 5.39. The number of aliphatic hydroxyl groups excluding tert-OH is 2. The Hall–Kier alpha value is -0.860. The fourth-order valence-corrected chi connectivity index (χ4v) is 3.03. The quantitative estimate of drug-likeness (QED) is 0.855. The number of rotatable bonds is 5. The number of benzene rings is 1. The lowest BCUT2D eigenvalue weighted by atomic mass is 9.84. The zero-order valence-corrected chi connectivity index (χ0v) is 12.1. The molecule has 19 heavy (non-hydrogen) atoms. The van der Waals surface area contributed by atoms with Crippen LogP contribution in [-0.2, 0) is 12.8 Å². The highest BCUT2D eigenvalue weighted by Gasteiger charge is 2.19. The molecule has 0 aromatic heterocycles. The van der Waals surface area contributed by atoms with Crippen molar-refractivity contribution in [1.82, 2.24) is 0 Å². The van der Waals surface area contributed by atoms with E-state index < -0.39 is 12.2 Å². The van der Waals surface area contributed by atoms with Crippen molar-refractivity contribution >= 4 is 0 Å². The number of hydrogen-bond donors (Lipinski definition) is 2. The average molecular weight is 262 g/mol. The van der Waals surface area contributed by atoms with Crippen molar-refractivity contribution in [2.45, 2.75) is 70.5 Å². The predicted molar refractivity (Wildman–Crippen MR) is 78.4 cm³/mol. The highest BCUT2D eigenvalue weighted by atomic mass is 16.3. The van der Waals surface area contributed by atoms with Crippen molar-refractivity contribution in [3.8, 4) is 0 Å². The van der Waals surface area contributed by atoms with E-state index in [-0.39, 0.29) is 0 Å². The summed E-state index contributed by atoms with van der Waals surface area (Å²) in [5.41, 5.74) is 4.32. The first-order valence-electron chi connectivity index (χ1n) is 7.59. The molecule has 0 heterocycles. The molecule has 0 bridgehead atoms. The van der Waals surface area contributed by atoms with Crippen LogP contribution in [-0.4, -0.2) is 22.4 Å². The molecule has 0 spiro atoms. The molecule has 0 fully saturated rings. The molecule has 2 N–H and O–H groups in total. The Bertz CT molecular complexity index is 412. The van der Waals surface area contributed by atoms with Gasteiger partial charge in [-0.1, -0.05) is 25.1 Å². The van der Waals surface area contributed by atoms with E-state index in [2.05, 4.69) is 25.1 Å². The van der Waals surface area contributed by atoms with Crippen molar-refractivity contribution in [3.05, 3.63) is 34.9 Å². The molecule has 0 aliphatic heterocycles. The van der Waals surface area contributed by atoms with E-state index in [1.165, 1.54) is 42.4 Å². The zero-order chi connectivity index (χ0) is 13.8. The van der Waals surface area contributed by atoms with Crippen LogP contribution in [0.25, 0.3) is 0 Å². The first kappa shape index (κ1) is 14.5. The van der Waals surface area contributed by atoms with Crippen molar-refractivity contribution in [2.75, 3.05) is 0 Å². The lowest BCUT2D eigenvalue weighted by Gasteiger charge is -2.23. The van der Waals surface area contributed by atoms with Gasteiger partial charge in [-0.05, 0) is 68.1 Å². The van der Waals surface area contributed by atoms with Gasteiger partial charge < -0.3 is 10.2 Å². The molecule has 1 aliphatic carbocycles. The molecule has 0 radical (unpaired) electrons. The van der Waals surface area contributed by atoms with E-state index >= 15 is 0 Å². The fourth-order valence-electron chi connectivity index (χ4n) is 3.03. The molecule has 0 saturated carbocycles. The van der Waals surface area contributed by atoms with Crippen molar-refractivity contribution in [1.29, 1.82) is 0 Å². The van der Waals surface area contributed by atoms with E-state index in [0.29, 0.717) is 12.3 Å². The summed E-state index contributed by atoms with van der Waals surface area (Å²) in [4.78, 5) is 0. The van der Waals surface area contributed by atoms with Crippen LogP contribution >= 0.6 is 0 Å². The molecule has 2 nitrogen and oxygen atoms in total. The molecular weight excluding hydrogens is 236 g/mol. The van der Waals surface area contributed by atoms with Gasteiger partial charge in [0.25, 0.3) is 0 Å². The monoisotopic (exact) mass is 262 g/mol. The summed E-state index contributed by atoms with van der Waals surface area (Å²) in [7, 11) is 0. The zero-order valence-electron chi connectivity index (χ0n) is 12.1. The topological polar surface area (TPSA) is 40.5 Å². The second kappa shape index (κ2) is 6.53. The Labute approximate surface area is 116 Å². The van der Waals surface area contributed by atoms with E-state index in [9.17, 15) is 10.2 Å². The Morgan fingerprint density at radius 1 is 1.11 bits per heavy atom. The smallest absolute Gasteiger partial charge is 0.0802 e. The average Bonchev–Trinajstić information content (AvgIpc) is 2.43. The molecule has 106 valence electrons. The summed E-state index contributed by atoms with van der Waals surface area (Å²) < 4.78 is 0. The SMILES string of the molecule is CCC(CC(O)C(C)O)c1ccc2c(c1)CCCC2. The van der Waals surface area contributed by atoms with Gasteiger partial charge in [0.1, 0.15) is 0 Å². The van der Waals surface area contributed by atoms with Crippen LogP contribution in [0, 0.1) is 0 Å². The van der Waals surface area contributed by atoms with Gasteiger partial charge in [-0.3, -0.25) is 0 Å². The normalized spacial score (nSPS) is 19.6.